The highest BCUT2D eigenvalue weighted by Gasteiger charge is 2.67. The Bertz CT molecular complexity index is 654. The number of carbonyl (C=O) groups is 1. The largest absolute Gasteiger partial charge is 0.493 e. The van der Waals surface area contributed by atoms with Crippen LogP contribution in [0.15, 0.2) is 12.1 Å². The molecule has 0 heterocycles. The summed E-state index contributed by atoms with van der Waals surface area (Å²) < 4.78 is 10.8. The lowest BCUT2D eigenvalue weighted by Crippen LogP contribution is -2.41. The minimum Gasteiger partial charge on any atom is -0.493 e. The molecule has 0 aromatic heterocycles. The average molecular weight is 353 g/mol. The lowest BCUT2D eigenvalue weighted by atomic mass is 9.79. The molecule has 2 aliphatic rings. The Hall–Kier alpha value is -0.810. The molecule has 1 fully saturated rings. The van der Waals surface area contributed by atoms with E-state index >= 15 is 0 Å². The zero-order chi connectivity index (χ0) is 17.0. The molecule has 1 aromatic carbocycles. The first-order valence-electron chi connectivity index (χ1n) is 7.82. The van der Waals surface area contributed by atoms with Gasteiger partial charge in [0.1, 0.15) is 5.78 Å². The number of hydrogen-bond donors (Lipinski definition) is 0. The molecule has 0 aliphatic heterocycles. The van der Waals surface area contributed by atoms with Crippen molar-refractivity contribution in [2.24, 2.45) is 11.3 Å². The zero-order valence-electron chi connectivity index (χ0n) is 14.6. The predicted octanol–water partition coefficient (Wildman–Crippen LogP) is 4.30. The number of Topliss-reactive ketones (excluding diaryl/α,β-unsaturated/α-hetero) is 1. The Morgan fingerprint density at radius 1 is 1.13 bits per heavy atom. The molecule has 3 atom stereocenters. The van der Waals surface area contributed by atoms with Gasteiger partial charge in [0.15, 0.2) is 11.5 Å². The molecule has 23 heavy (non-hydrogen) atoms. The molecular formula is C18H24O3S2. The second-order valence-electron chi connectivity index (χ2n) is 6.58. The molecule has 0 spiro atoms. The minimum atomic E-state index is -0.384. The molecule has 126 valence electrons. The lowest BCUT2D eigenvalue weighted by Gasteiger charge is -2.41. The summed E-state index contributed by atoms with van der Waals surface area (Å²) in [5.41, 5.74) is 2.10. The Morgan fingerprint density at radius 2 is 1.70 bits per heavy atom. The van der Waals surface area contributed by atoms with Crippen LogP contribution in [0.5, 0.6) is 11.5 Å². The van der Waals surface area contributed by atoms with E-state index in [2.05, 4.69) is 38.5 Å². The summed E-state index contributed by atoms with van der Waals surface area (Å²) in [7, 11) is 3.33. The quantitative estimate of drug-likeness (QED) is 0.755. The second-order valence-corrected chi connectivity index (χ2v) is 8.87. The van der Waals surface area contributed by atoms with E-state index in [-0.39, 0.29) is 21.3 Å². The molecule has 0 unspecified atom stereocenters. The number of rotatable bonds is 4. The van der Waals surface area contributed by atoms with Gasteiger partial charge < -0.3 is 9.47 Å². The molecular weight excluding hydrogens is 328 g/mol. The van der Waals surface area contributed by atoms with Gasteiger partial charge in [0.05, 0.1) is 23.7 Å². The summed E-state index contributed by atoms with van der Waals surface area (Å²) in [4.78, 5) is 13.1. The number of carbonyl (C=O) groups excluding carboxylic acids is 1. The van der Waals surface area contributed by atoms with Crippen molar-refractivity contribution < 1.29 is 14.3 Å². The molecule has 0 amide bonds. The molecule has 2 aliphatic carbocycles. The first kappa shape index (κ1) is 17.0. The number of fused-ring (bicyclic) bond motifs is 3. The van der Waals surface area contributed by atoms with Crippen LogP contribution >= 0.6 is 23.5 Å². The number of methoxy groups -OCH3 is 2. The van der Waals surface area contributed by atoms with Gasteiger partial charge in [-0.1, -0.05) is 6.92 Å². The van der Waals surface area contributed by atoms with E-state index in [1.165, 1.54) is 11.1 Å². The van der Waals surface area contributed by atoms with Crippen LogP contribution in [-0.4, -0.2) is 32.5 Å². The SMILES string of the molecule is COc1cc2c(cc1OC)C(SC)(SC)[C@@]1(C)C(=O)[C@H](C)C[C@@H]21. The van der Waals surface area contributed by atoms with Crippen molar-refractivity contribution in [3.8, 4) is 11.5 Å². The van der Waals surface area contributed by atoms with E-state index in [0.717, 1.165) is 17.9 Å². The summed E-state index contributed by atoms with van der Waals surface area (Å²) in [5, 5.41) is 0. The van der Waals surface area contributed by atoms with Gasteiger partial charge in [0.25, 0.3) is 0 Å². The molecule has 0 radical (unpaired) electrons. The zero-order valence-corrected chi connectivity index (χ0v) is 16.2. The predicted molar refractivity (Wildman–Crippen MR) is 97.9 cm³/mol. The fourth-order valence-electron chi connectivity index (χ4n) is 4.68. The summed E-state index contributed by atoms with van der Waals surface area (Å²) in [6, 6.07) is 4.18. The van der Waals surface area contributed by atoms with Crippen molar-refractivity contribution in [3.05, 3.63) is 23.3 Å². The highest BCUT2D eigenvalue weighted by Crippen LogP contribution is 2.73. The van der Waals surface area contributed by atoms with Crippen molar-refractivity contribution in [2.45, 2.75) is 30.3 Å². The van der Waals surface area contributed by atoms with E-state index < -0.39 is 0 Å². The van der Waals surface area contributed by atoms with Gasteiger partial charge in [-0.3, -0.25) is 4.79 Å². The monoisotopic (exact) mass is 352 g/mol. The fraction of sp³-hybridized carbons (Fsp3) is 0.611. The van der Waals surface area contributed by atoms with Gasteiger partial charge in [-0.05, 0) is 55.0 Å². The Morgan fingerprint density at radius 3 is 2.22 bits per heavy atom. The van der Waals surface area contributed by atoms with Crippen LogP contribution < -0.4 is 9.47 Å². The molecule has 1 aromatic rings. The van der Waals surface area contributed by atoms with Crippen molar-refractivity contribution in [2.75, 3.05) is 26.7 Å². The molecule has 0 saturated heterocycles. The van der Waals surface area contributed by atoms with E-state index in [1.54, 1.807) is 37.7 Å². The van der Waals surface area contributed by atoms with Gasteiger partial charge in [-0.25, -0.2) is 0 Å². The highest BCUT2D eigenvalue weighted by molar-refractivity contribution is 8.17. The third kappa shape index (κ3) is 1.89. The maximum Gasteiger partial charge on any atom is 0.161 e. The fourth-order valence-corrected chi connectivity index (χ4v) is 7.48. The third-order valence-electron chi connectivity index (χ3n) is 5.79. The number of benzene rings is 1. The summed E-state index contributed by atoms with van der Waals surface area (Å²) >= 11 is 3.56. The van der Waals surface area contributed by atoms with Gasteiger partial charge in [-0.15, -0.1) is 23.5 Å². The van der Waals surface area contributed by atoms with E-state index in [0.29, 0.717) is 5.78 Å². The van der Waals surface area contributed by atoms with Crippen molar-refractivity contribution in [3.63, 3.8) is 0 Å². The Balaban J connectivity index is 2.32. The summed E-state index contributed by atoms with van der Waals surface area (Å²) in [6.45, 7) is 4.23. The van der Waals surface area contributed by atoms with Crippen LogP contribution in [0.4, 0.5) is 0 Å². The number of ether oxygens (including phenoxy) is 2. The smallest absolute Gasteiger partial charge is 0.161 e. The van der Waals surface area contributed by atoms with E-state index in [9.17, 15) is 4.79 Å². The average Bonchev–Trinajstić information content (AvgIpc) is 2.92. The van der Waals surface area contributed by atoms with E-state index in [4.69, 9.17) is 9.47 Å². The molecule has 5 heteroatoms. The molecule has 1 saturated carbocycles. The lowest BCUT2D eigenvalue weighted by molar-refractivity contribution is -0.128. The van der Waals surface area contributed by atoms with Crippen molar-refractivity contribution >= 4 is 29.3 Å². The molecule has 0 N–H and O–H groups in total. The normalized spacial score (nSPS) is 31.0. The van der Waals surface area contributed by atoms with Crippen LogP contribution in [0.1, 0.15) is 37.3 Å². The standard InChI is InChI=1S/C18H24O3S2/c1-10-7-12-11-8-14(20-3)15(21-4)9-13(11)18(22-5,23-6)17(12,2)16(10)19/h8-10,12H,7H2,1-6H3/t10-,12+,17-/m1/s1. The maximum absolute atomic E-state index is 13.1. The van der Waals surface area contributed by atoms with Gasteiger partial charge in [-0.2, -0.15) is 0 Å². The Labute approximate surface area is 146 Å². The van der Waals surface area contributed by atoms with Gasteiger partial charge >= 0.3 is 0 Å². The van der Waals surface area contributed by atoms with Gasteiger partial charge in [0.2, 0.25) is 0 Å². The van der Waals surface area contributed by atoms with E-state index in [1.807, 2.05) is 0 Å². The summed E-state index contributed by atoms with van der Waals surface area (Å²) in [5.74, 6) is 2.24. The van der Waals surface area contributed by atoms with Crippen LogP contribution in [-0.2, 0) is 8.87 Å². The first-order valence-corrected chi connectivity index (χ1v) is 10.3. The maximum atomic E-state index is 13.1. The summed E-state index contributed by atoms with van der Waals surface area (Å²) in [6.07, 6.45) is 5.14. The first-order chi connectivity index (χ1) is 10.9. The number of thioether (sulfide) groups is 2. The molecule has 3 rings (SSSR count). The van der Waals surface area contributed by atoms with Crippen LogP contribution in [0.2, 0.25) is 0 Å². The van der Waals surface area contributed by atoms with Crippen molar-refractivity contribution in [1.29, 1.82) is 0 Å². The van der Waals surface area contributed by atoms with Gasteiger partial charge in [0, 0.05) is 5.92 Å². The van der Waals surface area contributed by atoms with Crippen molar-refractivity contribution in [1.82, 2.24) is 0 Å². The molecule has 0 bridgehead atoms. The minimum absolute atomic E-state index is 0.116. The topological polar surface area (TPSA) is 35.5 Å². The Kier molecular flexibility index (Phi) is 4.16. The van der Waals surface area contributed by atoms with Crippen LogP contribution in [0.3, 0.4) is 0 Å². The third-order valence-corrected chi connectivity index (χ3v) is 9.23. The number of ketones is 1. The molecule has 3 nitrogen and oxygen atoms in total. The van der Waals surface area contributed by atoms with Crippen LogP contribution in [0, 0.1) is 11.3 Å². The van der Waals surface area contributed by atoms with Crippen LogP contribution in [0.25, 0.3) is 0 Å². The highest BCUT2D eigenvalue weighted by atomic mass is 32.2. The second kappa shape index (κ2) is 5.62. The number of hydrogen-bond acceptors (Lipinski definition) is 5.